The maximum absolute atomic E-state index is 13.4. The van der Waals surface area contributed by atoms with Crippen molar-refractivity contribution in [3.05, 3.63) is 137 Å². The van der Waals surface area contributed by atoms with Gasteiger partial charge in [-0.2, -0.15) is 4.72 Å². The van der Waals surface area contributed by atoms with Crippen molar-refractivity contribution in [1.82, 2.24) is 4.72 Å². The van der Waals surface area contributed by atoms with Crippen molar-refractivity contribution in [3.63, 3.8) is 0 Å². The molecule has 36 heavy (non-hydrogen) atoms. The number of sulfonamides is 1. The average molecular weight is 494 g/mol. The summed E-state index contributed by atoms with van der Waals surface area (Å²) in [6, 6.07) is 32.8. The Morgan fingerprint density at radius 2 is 1.44 bits per heavy atom. The fraction of sp³-hybridized carbons (Fsp3) is 0.0968. The number of rotatable bonds is 7. The molecule has 180 valence electrons. The van der Waals surface area contributed by atoms with E-state index in [1.165, 1.54) is 0 Å². The van der Waals surface area contributed by atoms with Crippen molar-refractivity contribution in [2.75, 3.05) is 7.11 Å². The average Bonchev–Trinajstić information content (AvgIpc) is 2.91. The maximum atomic E-state index is 13.4. The SMILES string of the molecule is COc1ccc(C#C/C(=C\c2ccccc2)[C@@H](NS(=O)(=O)c2ccc(C)cc2)c2ccccc2)cc1. The van der Waals surface area contributed by atoms with Crippen molar-refractivity contribution in [3.8, 4) is 17.6 Å². The molecule has 0 heterocycles. The fourth-order valence-electron chi connectivity index (χ4n) is 3.64. The van der Waals surface area contributed by atoms with E-state index < -0.39 is 16.1 Å². The van der Waals surface area contributed by atoms with Gasteiger partial charge < -0.3 is 4.74 Å². The summed E-state index contributed by atoms with van der Waals surface area (Å²) in [5.74, 6) is 7.18. The third-order valence-electron chi connectivity index (χ3n) is 5.61. The molecule has 0 saturated carbocycles. The molecule has 0 amide bonds. The lowest BCUT2D eigenvalue weighted by Gasteiger charge is -2.20. The van der Waals surface area contributed by atoms with Gasteiger partial charge in [0.1, 0.15) is 5.75 Å². The molecule has 0 unspecified atom stereocenters. The molecule has 4 nitrogen and oxygen atoms in total. The first-order valence-electron chi connectivity index (χ1n) is 11.5. The van der Waals surface area contributed by atoms with Gasteiger partial charge in [-0.3, -0.25) is 0 Å². The number of ether oxygens (including phenoxy) is 1. The minimum Gasteiger partial charge on any atom is -0.497 e. The first-order chi connectivity index (χ1) is 17.4. The molecule has 0 aliphatic heterocycles. The topological polar surface area (TPSA) is 55.4 Å². The van der Waals surface area contributed by atoms with Crippen molar-refractivity contribution >= 4 is 16.1 Å². The summed E-state index contributed by atoms with van der Waals surface area (Å²) in [5, 5.41) is 0. The van der Waals surface area contributed by atoms with Gasteiger partial charge in [-0.15, -0.1) is 0 Å². The lowest BCUT2D eigenvalue weighted by atomic mass is 9.97. The summed E-state index contributed by atoms with van der Waals surface area (Å²) >= 11 is 0. The highest BCUT2D eigenvalue weighted by molar-refractivity contribution is 7.89. The molecule has 0 aliphatic carbocycles. The lowest BCUT2D eigenvalue weighted by molar-refractivity contribution is 0.415. The Labute approximate surface area is 213 Å². The molecule has 0 fully saturated rings. The van der Waals surface area contributed by atoms with E-state index in [4.69, 9.17) is 4.74 Å². The Kier molecular flexibility index (Phi) is 8.02. The predicted octanol–water partition coefficient (Wildman–Crippen LogP) is 6.16. The first kappa shape index (κ1) is 25.0. The second-order valence-electron chi connectivity index (χ2n) is 8.27. The summed E-state index contributed by atoms with van der Waals surface area (Å²) in [6.45, 7) is 1.92. The molecular formula is C31H27NO3S. The van der Waals surface area contributed by atoms with Gasteiger partial charge in [0.2, 0.25) is 10.0 Å². The number of methoxy groups -OCH3 is 1. The van der Waals surface area contributed by atoms with Crippen LogP contribution >= 0.6 is 0 Å². The van der Waals surface area contributed by atoms with Crippen LogP contribution in [0.25, 0.3) is 6.08 Å². The predicted molar refractivity (Wildman–Crippen MR) is 145 cm³/mol. The van der Waals surface area contributed by atoms with E-state index in [-0.39, 0.29) is 4.90 Å². The van der Waals surface area contributed by atoms with Crippen LogP contribution < -0.4 is 9.46 Å². The number of benzene rings is 4. The van der Waals surface area contributed by atoms with Gasteiger partial charge >= 0.3 is 0 Å². The molecular weight excluding hydrogens is 466 g/mol. The third-order valence-corrected chi connectivity index (χ3v) is 7.05. The van der Waals surface area contributed by atoms with Crippen LogP contribution in [0.5, 0.6) is 5.75 Å². The number of aryl methyl sites for hydroxylation is 1. The van der Waals surface area contributed by atoms with E-state index in [0.29, 0.717) is 5.57 Å². The fourth-order valence-corrected chi connectivity index (χ4v) is 4.84. The number of hydrogen-bond donors (Lipinski definition) is 1. The Bertz CT molecular complexity index is 1480. The molecule has 4 rings (SSSR count). The summed E-state index contributed by atoms with van der Waals surface area (Å²) in [7, 11) is -2.21. The molecule has 4 aromatic rings. The first-order valence-corrected chi connectivity index (χ1v) is 13.0. The Morgan fingerprint density at radius 3 is 2.06 bits per heavy atom. The number of hydrogen-bond acceptors (Lipinski definition) is 3. The van der Waals surface area contributed by atoms with E-state index in [1.54, 1.807) is 31.4 Å². The quantitative estimate of drug-likeness (QED) is 0.314. The van der Waals surface area contributed by atoms with Crippen molar-refractivity contribution in [2.45, 2.75) is 17.9 Å². The highest BCUT2D eigenvalue weighted by atomic mass is 32.2. The van der Waals surface area contributed by atoms with E-state index in [0.717, 1.165) is 28.0 Å². The maximum Gasteiger partial charge on any atom is 0.241 e. The van der Waals surface area contributed by atoms with Crippen LogP contribution in [0.2, 0.25) is 0 Å². The van der Waals surface area contributed by atoms with Gasteiger partial charge in [-0.05, 0) is 60.5 Å². The minimum absolute atomic E-state index is 0.205. The summed E-state index contributed by atoms with van der Waals surface area (Å²) in [6.07, 6.45) is 1.92. The standard InChI is InChI=1S/C31H27NO3S/c1-24-13-21-30(22-14-24)36(33,34)32-31(27-11-7-4-8-12-27)28(23-26-9-5-3-6-10-26)18-15-25-16-19-29(35-2)20-17-25/h3-14,16-17,19-23,31-32H,1-2H3/b28-23+/t31-/m0/s1. The van der Waals surface area contributed by atoms with Crippen LogP contribution in [0.3, 0.4) is 0 Å². The van der Waals surface area contributed by atoms with Crippen LogP contribution in [-0.4, -0.2) is 15.5 Å². The molecule has 0 aliphatic rings. The summed E-state index contributed by atoms with van der Waals surface area (Å²) < 4.78 is 35.0. The second-order valence-corrected chi connectivity index (χ2v) is 9.98. The smallest absolute Gasteiger partial charge is 0.241 e. The molecule has 4 aromatic carbocycles. The van der Waals surface area contributed by atoms with Crippen LogP contribution in [0, 0.1) is 18.8 Å². The minimum atomic E-state index is -3.83. The normalized spacial score (nSPS) is 12.3. The summed E-state index contributed by atoms with van der Waals surface area (Å²) in [5.41, 5.74) is 4.12. The zero-order chi connectivity index (χ0) is 25.4. The van der Waals surface area contributed by atoms with Gasteiger partial charge in [-0.1, -0.05) is 90.2 Å². The Balaban J connectivity index is 1.81. The Hall–Kier alpha value is -4.11. The Morgan fingerprint density at radius 1 is 0.833 bits per heavy atom. The van der Waals surface area contributed by atoms with E-state index >= 15 is 0 Å². The highest BCUT2D eigenvalue weighted by Gasteiger charge is 2.24. The van der Waals surface area contributed by atoms with Crippen LogP contribution in [0.4, 0.5) is 0 Å². The molecule has 0 radical (unpaired) electrons. The van der Waals surface area contributed by atoms with Crippen molar-refractivity contribution in [2.24, 2.45) is 0 Å². The van der Waals surface area contributed by atoms with Crippen molar-refractivity contribution in [1.29, 1.82) is 0 Å². The van der Waals surface area contributed by atoms with Gasteiger partial charge in [0, 0.05) is 11.1 Å². The molecule has 5 heteroatoms. The monoisotopic (exact) mass is 493 g/mol. The number of nitrogens with one attached hydrogen (secondary N) is 1. The van der Waals surface area contributed by atoms with E-state index in [2.05, 4.69) is 16.6 Å². The lowest BCUT2D eigenvalue weighted by Crippen LogP contribution is -2.29. The molecule has 0 aromatic heterocycles. The second kappa shape index (κ2) is 11.5. The molecule has 0 saturated heterocycles. The summed E-state index contributed by atoms with van der Waals surface area (Å²) in [4.78, 5) is 0.205. The molecule has 0 spiro atoms. The molecule has 1 N–H and O–H groups in total. The van der Waals surface area contributed by atoms with Crippen molar-refractivity contribution < 1.29 is 13.2 Å². The van der Waals surface area contributed by atoms with Crippen LogP contribution in [-0.2, 0) is 10.0 Å². The van der Waals surface area contributed by atoms with E-state index in [9.17, 15) is 8.42 Å². The zero-order valence-electron chi connectivity index (χ0n) is 20.2. The van der Waals surface area contributed by atoms with Gasteiger partial charge in [0.05, 0.1) is 18.0 Å². The van der Waals surface area contributed by atoms with Gasteiger partial charge in [0.25, 0.3) is 0 Å². The zero-order valence-corrected chi connectivity index (χ0v) is 21.0. The third kappa shape index (κ3) is 6.51. The highest BCUT2D eigenvalue weighted by Crippen LogP contribution is 2.26. The van der Waals surface area contributed by atoms with Gasteiger partial charge in [-0.25, -0.2) is 8.42 Å². The largest absolute Gasteiger partial charge is 0.497 e. The van der Waals surface area contributed by atoms with E-state index in [1.807, 2.05) is 97.9 Å². The molecule has 1 atom stereocenters. The molecule has 0 bridgehead atoms. The van der Waals surface area contributed by atoms with Crippen LogP contribution in [0.15, 0.2) is 120 Å². The van der Waals surface area contributed by atoms with Gasteiger partial charge in [0.15, 0.2) is 0 Å². The van der Waals surface area contributed by atoms with Crippen LogP contribution in [0.1, 0.15) is 28.3 Å².